The lowest BCUT2D eigenvalue weighted by Crippen LogP contribution is -2.30. The van der Waals surface area contributed by atoms with Crippen LogP contribution in [0.15, 0.2) is 48.8 Å². The molecule has 3 amide bonds. The summed E-state index contributed by atoms with van der Waals surface area (Å²) in [5.74, 6) is -0.225. The molecule has 4 N–H and O–H groups in total. The van der Waals surface area contributed by atoms with Gasteiger partial charge >= 0.3 is 6.09 Å². The molecule has 1 saturated carbocycles. The molecule has 11 nitrogen and oxygen atoms in total. The van der Waals surface area contributed by atoms with E-state index in [1.54, 1.807) is 37.4 Å². The molecule has 4 aromatic rings. The van der Waals surface area contributed by atoms with E-state index in [1.165, 1.54) is 30.1 Å². The van der Waals surface area contributed by atoms with Crippen molar-refractivity contribution in [1.29, 1.82) is 0 Å². The highest BCUT2D eigenvalue weighted by Crippen LogP contribution is 2.47. The fraction of sp³-hybridized carbons (Fsp3) is 0.276. The van der Waals surface area contributed by atoms with E-state index >= 15 is 0 Å². The first kappa shape index (κ1) is 27.5. The van der Waals surface area contributed by atoms with Crippen LogP contribution in [-0.2, 0) is 9.53 Å². The largest absolute Gasteiger partial charge is 0.453 e. The van der Waals surface area contributed by atoms with Gasteiger partial charge in [0, 0.05) is 23.9 Å². The van der Waals surface area contributed by atoms with Crippen LogP contribution < -0.4 is 16.0 Å². The first-order valence-electron chi connectivity index (χ1n) is 13.4. The maximum Gasteiger partial charge on any atom is 0.411 e. The predicted octanol–water partition coefficient (Wildman–Crippen LogP) is 5.38. The molecular weight excluding hydrogens is 565 g/mol. The number of methoxy groups -OCH3 is 1. The van der Waals surface area contributed by atoms with Gasteiger partial charge in [0.15, 0.2) is 5.82 Å². The number of imidazole rings is 1. The lowest BCUT2D eigenvalue weighted by atomic mass is 10.0. The van der Waals surface area contributed by atoms with Gasteiger partial charge in [-0.25, -0.2) is 18.9 Å². The number of nitrogens with one attached hydrogen (secondary N) is 4. The second kappa shape index (κ2) is 10.9. The SMILES string of the molecule is COC(=O)Nc1ccc2c(c1)NC(=O)CC1CC1C[C@H](NC(=O)c1cnn(-c3cccc(Cl)c3F)c1C)c1nc-2c[nH]1. The zero-order chi connectivity index (χ0) is 29.5. The van der Waals surface area contributed by atoms with Crippen LogP contribution in [0.4, 0.5) is 20.6 Å². The van der Waals surface area contributed by atoms with Gasteiger partial charge < -0.3 is 20.4 Å². The van der Waals surface area contributed by atoms with E-state index in [0.717, 1.165) is 6.42 Å². The molecule has 3 heterocycles. The van der Waals surface area contributed by atoms with Crippen molar-refractivity contribution in [3.05, 3.63) is 76.7 Å². The normalized spacial score (nSPS) is 19.3. The fourth-order valence-corrected chi connectivity index (χ4v) is 5.54. The highest BCUT2D eigenvalue weighted by atomic mass is 35.5. The summed E-state index contributed by atoms with van der Waals surface area (Å²) in [6, 6.07) is 9.20. The van der Waals surface area contributed by atoms with Crippen LogP contribution in [0.3, 0.4) is 0 Å². The summed E-state index contributed by atoms with van der Waals surface area (Å²) in [7, 11) is 1.27. The van der Waals surface area contributed by atoms with Gasteiger partial charge in [-0.1, -0.05) is 17.7 Å². The van der Waals surface area contributed by atoms with Crippen molar-refractivity contribution in [1.82, 2.24) is 25.1 Å². The first-order valence-corrected chi connectivity index (χ1v) is 13.7. The number of halogens is 2. The second-order valence-corrected chi connectivity index (χ2v) is 10.9. The van der Waals surface area contributed by atoms with Crippen molar-refractivity contribution in [3.8, 4) is 16.9 Å². The molecule has 0 spiro atoms. The highest BCUT2D eigenvalue weighted by molar-refractivity contribution is 6.30. The molecule has 2 aromatic carbocycles. The predicted molar refractivity (Wildman–Crippen MR) is 153 cm³/mol. The quantitative estimate of drug-likeness (QED) is 0.251. The number of anilines is 2. The van der Waals surface area contributed by atoms with E-state index in [4.69, 9.17) is 16.6 Å². The van der Waals surface area contributed by atoms with Gasteiger partial charge in [-0.15, -0.1) is 0 Å². The zero-order valence-electron chi connectivity index (χ0n) is 22.7. The van der Waals surface area contributed by atoms with Gasteiger partial charge in [-0.05, 0) is 61.9 Å². The van der Waals surface area contributed by atoms with Crippen molar-refractivity contribution in [2.24, 2.45) is 11.8 Å². The van der Waals surface area contributed by atoms with Crippen molar-refractivity contribution < 1.29 is 23.5 Å². The first-order chi connectivity index (χ1) is 20.2. The Balaban J connectivity index is 1.30. The number of carbonyl (C=O) groups is 3. The zero-order valence-corrected chi connectivity index (χ0v) is 23.5. The van der Waals surface area contributed by atoms with E-state index in [9.17, 15) is 18.8 Å². The minimum atomic E-state index is -0.630. The molecule has 216 valence electrons. The summed E-state index contributed by atoms with van der Waals surface area (Å²) in [5.41, 5.74) is 3.01. The number of rotatable bonds is 4. The maximum atomic E-state index is 14.7. The molecule has 3 atom stereocenters. The Hall–Kier alpha value is -4.71. The smallest absolute Gasteiger partial charge is 0.411 e. The molecule has 1 aliphatic heterocycles. The Morgan fingerprint density at radius 1 is 1.19 bits per heavy atom. The van der Waals surface area contributed by atoms with Crippen molar-refractivity contribution in [2.75, 3.05) is 17.7 Å². The van der Waals surface area contributed by atoms with Crippen LogP contribution in [-0.4, -0.2) is 44.8 Å². The number of aromatic nitrogens is 4. The number of fused-ring (bicyclic) bond motifs is 5. The van der Waals surface area contributed by atoms with Crippen molar-refractivity contribution >= 4 is 40.9 Å². The van der Waals surface area contributed by atoms with Gasteiger partial charge in [0.05, 0.1) is 47.0 Å². The van der Waals surface area contributed by atoms with E-state index in [0.29, 0.717) is 47.0 Å². The molecule has 1 fully saturated rings. The summed E-state index contributed by atoms with van der Waals surface area (Å²) in [4.78, 5) is 46.1. The Kier molecular flexibility index (Phi) is 7.15. The molecule has 6 rings (SSSR count). The van der Waals surface area contributed by atoms with Crippen molar-refractivity contribution in [3.63, 3.8) is 0 Å². The molecule has 2 aromatic heterocycles. The summed E-state index contributed by atoms with van der Waals surface area (Å²) < 4.78 is 20.7. The second-order valence-electron chi connectivity index (χ2n) is 10.4. The molecule has 1 aliphatic carbocycles. The summed E-state index contributed by atoms with van der Waals surface area (Å²) >= 11 is 5.95. The molecule has 2 bridgehead atoms. The number of hydrogen-bond donors (Lipinski definition) is 4. The molecule has 13 heteroatoms. The van der Waals surface area contributed by atoms with E-state index in [1.807, 2.05) is 0 Å². The number of benzene rings is 2. The maximum absolute atomic E-state index is 14.7. The van der Waals surface area contributed by atoms with Crippen molar-refractivity contribution in [2.45, 2.75) is 32.2 Å². The molecule has 2 aliphatic rings. The molecule has 2 unspecified atom stereocenters. The third-order valence-corrected chi connectivity index (χ3v) is 8.00. The Bertz CT molecular complexity index is 1720. The number of amides is 3. The van der Waals surface area contributed by atoms with Gasteiger partial charge in [0.25, 0.3) is 5.91 Å². The molecule has 42 heavy (non-hydrogen) atoms. The average molecular weight is 592 g/mol. The van der Waals surface area contributed by atoms with E-state index in [-0.39, 0.29) is 39.9 Å². The van der Waals surface area contributed by atoms with Gasteiger partial charge in [0.2, 0.25) is 5.91 Å². The molecule has 0 saturated heterocycles. The van der Waals surface area contributed by atoms with Gasteiger partial charge in [-0.3, -0.25) is 14.9 Å². The number of H-pyrrole nitrogens is 1. The topological polar surface area (TPSA) is 143 Å². The minimum Gasteiger partial charge on any atom is -0.453 e. The number of hydrogen-bond acceptors (Lipinski definition) is 6. The van der Waals surface area contributed by atoms with Gasteiger partial charge in [-0.2, -0.15) is 5.10 Å². The molecular formula is C29H27ClFN7O4. The summed E-state index contributed by atoms with van der Waals surface area (Å²) in [6.07, 6.45) is 4.23. The van der Waals surface area contributed by atoms with Crippen LogP contribution in [0.5, 0.6) is 0 Å². The number of aromatic amines is 1. The molecule has 0 radical (unpaired) electrons. The third-order valence-electron chi connectivity index (χ3n) is 7.70. The van der Waals surface area contributed by atoms with Gasteiger partial charge in [0.1, 0.15) is 11.5 Å². The third kappa shape index (κ3) is 5.32. The van der Waals surface area contributed by atoms with Crippen LogP contribution in [0.25, 0.3) is 16.9 Å². The lowest BCUT2D eigenvalue weighted by Gasteiger charge is -2.18. The standard InChI is InChI=1S/C29H27ClFN7O4/c1-14-19(12-33-38(14)24-5-3-4-20(30)26(24)31)28(40)37-22-9-15-8-16(15)10-25(39)35-21-11-17(34-29(41)42-2)6-7-18(21)23-13-32-27(22)36-23/h3-7,11-13,15-16,22H,8-10H2,1-2H3,(H,32,36)(H,34,41)(H,35,39)(H,37,40)/t15?,16?,22-/m0/s1. The average Bonchev–Trinajstić information content (AvgIpc) is 3.31. The summed E-state index contributed by atoms with van der Waals surface area (Å²) in [6.45, 7) is 1.68. The van der Waals surface area contributed by atoms with Crippen LogP contribution in [0.2, 0.25) is 5.02 Å². The van der Waals surface area contributed by atoms with Crippen LogP contribution in [0, 0.1) is 24.6 Å². The number of carbonyl (C=O) groups excluding carboxylic acids is 3. The minimum absolute atomic E-state index is 0.0413. The number of ether oxygens (including phenoxy) is 1. The van der Waals surface area contributed by atoms with E-state index < -0.39 is 18.0 Å². The fourth-order valence-electron chi connectivity index (χ4n) is 5.37. The Morgan fingerprint density at radius 3 is 2.83 bits per heavy atom. The van der Waals surface area contributed by atoms with Crippen LogP contribution in [0.1, 0.15) is 47.2 Å². The Morgan fingerprint density at radius 2 is 2.02 bits per heavy atom. The van der Waals surface area contributed by atoms with Crippen LogP contribution >= 0.6 is 11.6 Å². The Labute approximate surface area is 244 Å². The highest BCUT2D eigenvalue weighted by Gasteiger charge is 2.41. The van der Waals surface area contributed by atoms with E-state index in [2.05, 4.69) is 30.8 Å². The lowest BCUT2D eigenvalue weighted by molar-refractivity contribution is -0.116. The number of nitrogens with zero attached hydrogens (tertiary/aromatic N) is 3. The monoisotopic (exact) mass is 591 g/mol. The summed E-state index contributed by atoms with van der Waals surface area (Å²) in [5, 5.41) is 12.8.